The molecule has 3 rings (SSSR count). The van der Waals surface area contributed by atoms with Gasteiger partial charge in [0.25, 0.3) is 0 Å². The standard InChI is InChI=1S/C17H17FN2O/c1-21-16-8-4-6-13(17(16)18)11-20-14(10-19)9-12-5-2-3-7-15(12)20/h2-9H,10-11,19H2,1H3. The number of halogens is 1. The number of methoxy groups -OCH3 is 1. The van der Waals surface area contributed by atoms with Crippen molar-refractivity contribution in [3.05, 3.63) is 65.6 Å². The molecule has 0 aliphatic rings. The molecule has 0 aliphatic heterocycles. The SMILES string of the molecule is COc1cccc(Cn2c(CN)cc3ccccc32)c1F. The average molecular weight is 284 g/mol. The van der Waals surface area contributed by atoms with Gasteiger partial charge in [-0.15, -0.1) is 0 Å². The average Bonchev–Trinajstić information content (AvgIpc) is 2.87. The minimum absolute atomic E-state index is 0.262. The molecule has 0 unspecified atom stereocenters. The van der Waals surface area contributed by atoms with Crippen LogP contribution < -0.4 is 10.5 Å². The summed E-state index contributed by atoms with van der Waals surface area (Å²) in [6, 6.07) is 15.3. The molecular weight excluding hydrogens is 267 g/mol. The molecule has 0 spiro atoms. The van der Waals surface area contributed by atoms with Gasteiger partial charge in [0.15, 0.2) is 11.6 Å². The van der Waals surface area contributed by atoms with Gasteiger partial charge in [-0.2, -0.15) is 0 Å². The molecule has 0 radical (unpaired) electrons. The predicted octanol–water partition coefficient (Wildman–Crippen LogP) is 3.30. The fourth-order valence-corrected chi connectivity index (χ4v) is 2.63. The normalized spacial score (nSPS) is 11.0. The lowest BCUT2D eigenvalue weighted by Crippen LogP contribution is -2.09. The highest BCUT2D eigenvalue weighted by Crippen LogP contribution is 2.25. The zero-order valence-electron chi connectivity index (χ0n) is 11.8. The van der Waals surface area contributed by atoms with Crippen LogP contribution in [-0.4, -0.2) is 11.7 Å². The fourth-order valence-electron chi connectivity index (χ4n) is 2.63. The molecule has 0 aliphatic carbocycles. The van der Waals surface area contributed by atoms with E-state index >= 15 is 0 Å². The van der Waals surface area contributed by atoms with Crippen LogP contribution in [0.1, 0.15) is 11.3 Å². The number of hydrogen-bond donors (Lipinski definition) is 1. The molecule has 1 heterocycles. The van der Waals surface area contributed by atoms with Gasteiger partial charge in [0.2, 0.25) is 0 Å². The Morgan fingerprint density at radius 2 is 1.95 bits per heavy atom. The van der Waals surface area contributed by atoms with E-state index in [1.165, 1.54) is 7.11 Å². The number of ether oxygens (including phenoxy) is 1. The van der Waals surface area contributed by atoms with Crippen LogP contribution in [0.15, 0.2) is 48.5 Å². The van der Waals surface area contributed by atoms with Crippen molar-refractivity contribution in [3.8, 4) is 5.75 Å². The third-order valence-electron chi connectivity index (χ3n) is 3.70. The van der Waals surface area contributed by atoms with E-state index in [9.17, 15) is 4.39 Å². The van der Waals surface area contributed by atoms with Gasteiger partial charge >= 0.3 is 0 Å². The van der Waals surface area contributed by atoms with Crippen LogP contribution in [0.4, 0.5) is 4.39 Å². The third-order valence-corrected chi connectivity index (χ3v) is 3.70. The second kappa shape index (κ2) is 5.58. The minimum Gasteiger partial charge on any atom is -0.494 e. The zero-order valence-corrected chi connectivity index (χ0v) is 11.8. The molecule has 0 saturated carbocycles. The second-order valence-corrected chi connectivity index (χ2v) is 4.92. The van der Waals surface area contributed by atoms with Crippen LogP contribution in [0.2, 0.25) is 0 Å². The quantitative estimate of drug-likeness (QED) is 0.798. The Bertz CT molecular complexity index is 780. The highest BCUT2D eigenvalue weighted by atomic mass is 19.1. The first-order valence-corrected chi connectivity index (χ1v) is 6.83. The summed E-state index contributed by atoms with van der Waals surface area (Å²) in [5.74, 6) is -0.0565. The van der Waals surface area contributed by atoms with Crippen LogP contribution in [0, 0.1) is 5.82 Å². The number of benzene rings is 2. The fraction of sp³-hybridized carbons (Fsp3) is 0.176. The number of fused-ring (bicyclic) bond motifs is 1. The van der Waals surface area contributed by atoms with Crippen LogP contribution in [0.5, 0.6) is 5.75 Å². The number of rotatable bonds is 4. The van der Waals surface area contributed by atoms with E-state index < -0.39 is 0 Å². The van der Waals surface area contributed by atoms with E-state index in [1.807, 2.05) is 34.9 Å². The van der Waals surface area contributed by atoms with Crippen molar-refractivity contribution in [3.63, 3.8) is 0 Å². The van der Waals surface area contributed by atoms with Gasteiger partial charge in [-0.25, -0.2) is 4.39 Å². The Kier molecular flexibility index (Phi) is 3.62. The van der Waals surface area contributed by atoms with Crippen molar-refractivity contribution in [2.45, 2.75) is 13.1 Å². The van der Waals surface area contributed by atoms with Crippen molar-refractivity contribution in [2.75, 3.05) is 7.11 Å². The molecule has 0 saturated heterocycles. The number of hydrogen-bond acceptors (Lipinski definition) is 2. The van der Waals surface area contributed by atoms with E-state index in [1.54, 1.807) is 18.2 Å². The monoisotopic (exact) mass is 284 g/mol. The largest absolute Gasteiger partial charge is 0.494 e. The van der Waals surface area contributed by atoms with E-state index in [-0.39, 0.29) is 11.6 Å². The zero-order chi connectivity index (χ0) is 14.8. The third kappa shape index (κ3) is 2.38. The minimum atomic E-state index is -0.319. The molecule has 0 amide bonds. The number of nitrogens with two attached hydrogens (primary N) is 1. The van der Waals surface area contributed by atoms with Gasteiger partial charge in [-0.1, -0.05) is 30.3 Å². The molecule has 1 aromatic heterocycles. The maximum absolute atomic E-state index is 14.3. The summed E-state index contributed by atoms with van der Waals surface area (Å²) in [6.45, 7) is 0.851. The summed E-state index contributed by atoms with van der Waals surface area (Å²) in [4.78, 5) is 0. The van der Waals surface area contributed by atoms with Crippen LogP contribution in [0.25, 0.3) is 10.9 Å². The first kappa shape index (κ1) is 13.6. The first-order valence-electron chi connectivity index (χ1n) is 6.83. The highest BCUT2D eigenvalue weighted by molar-refractivity contribution is 5.81. The summed E-state index contributed by atoms with van der Waals surface area (Å²) in [6.07, 6.45) is 0. The lowest BCUT2D eigenvalue weighted by Gasteiger charge is -2.12. The van der Waals surface area contributed by atoms with Crippen molar-refractivity contribution >= 4 is 10.9 Å². The summed E-state index contributed by atoms with van der Waals surface area (Å²) >= 11 is 0. The van der Waals surface area contributed by atoms with Crippen molar-refractivity contribution < 1.29 is 9.13 Å². The highest BCUT2D eigenvalue weighted by Gasteiger charge is 2.12. The van der Waals surface area contributed by atoms with Crippen LogP contribution >= 0.6 is 0 Å². The molecule has 3 aromatic rings. The lowest BCUT2D eigenvalue weighted by atomic mass is 10.2. The van der Waals surface area contributed by atoms with Gasteiger partial charge in [-0.3, -0.25) is 0 Å². The maximum Gasteiger partial charge on any atom is 0.170 e. The Morgan fingerprint density at radius 3 is 2.71 bits per heavy atom. The van der Waals surface area contributed by atoms with E-state index in [0.29, 0.717) is 18.7 Å². The number of aromatic nitrogens is 1. The summed E-state index contributed by atoms with van der Waals surface area (Å²) in [7, 11) is 1.47. The van der Waals surface area contributed by atoms with Crippen LogP contribution in [-0.2, 0) is 13.1 Å². The first-order chi connectivity index (χ1) is 10.2. The molecule has 4 heteroatoms. The van der Waals surface area contributed by atoms with E-state index in [0.717, 1.165) is 16.6 Å². The van der Waals surface area contributed by atoms with Crippen molar-refractivity contribution in [1.29, 1.82) is 0 Å². The topological polar surface area (TPSA) is 40.2 Å². The molecule has 108 valence electrons. The Balaban J connectivity index is 2.09. The molecule has 0 fully saturated rings. The summed E-state index contributed by atoms with van der Waals surface area (Å²) in [5, 5.41) is 1.11. The summed E-state index contributed by atoms with van der Waals surface area (Å²) < 4.78 is 21.4. The molecule has 2 N–H and O–H groups in total. The molecule has 3 nitrogen and oxygen atoms in total. The molecular formula is C17H17FN2O. The molecule has 0 bridgehead atoms. The second-order valence-electron chi connectivity index (χ2n) is 4.92. The molecule has 21 heavy (non-hydrogen) atoms. The van der Waals surface area contributed by atoms with Gasteiger partial charge < -0.3 is 15.0 Å². The smallest absolute Gasteiger partial charge is 0.170 e. The van der Waals surface area contributed by atoms with Gasteiger partial charge in [0.05, 0.1) is 13.7 Å². The Labute approximate surface area is 122 Å². The molecule has 2 aromatic carbocycles. The predicted molar refractivity (Wildman–Crippen MR) is 81.9 cm³/mol. The van der Waals surface area contributed by atoms with Crippen molar-refractivity contribution in [1.82, 2.24) is 4.57 Å². The number of para-hydroxylation sites is 1. The van der Waals surface area contributed by atoms with Crippen LogP contribution in [0.3, 0.4) is 0 Å². The van der Waals surface area contributed by atoms with Gasteiger partial charge in [-0.05, 0) is 23.6 Å². The Hall–Kier alpha value is -2.33. The van der Waals surface area contributed by atoms with E-state index in [2.05, 4.69) is 0 Å². The Morgan fingerprint density at radius 1 is 1.14 bits per heavy atom. The van der Waals surface area contributed by atoms with Gasteiger partial charge in [0, 0.05) is 23.3 Å². The number of nitrogens with zero attached hydrogens (tertiary/aromatic N) is 1. The van der Waals surface area contributed by atoms with Crippen molar-refractivity contribution in [2.24, 2.45) is 5.73 Å². The molecule has 0 atom stereocenters. The lowest BCUT2D eigenvalue weighted by molar-refractivity contribution is 0.383. The summed E-state index contributed by atoms with van der Waals surface area (Å²) in [5.41, 5.74) is 8.45. The van der Waals surface area contributed by atoms with Gasteiger partial charge in [0.1, 0.15) is 0 Å². The maximum atomic E-state index is 14.3. The van der Waals surface area contributed by atoms with E-state index in [4.69, 9.17) is 10.5 Å².